The first-order chi connectivity index (χ1) is 9.34. The van der Waals surface area contributed by atoms with Crippen LogP contribution in [-0.2, 0) is 0 Å². The molecule has 0 bridgehead atoms. The van der Waals surface area contributed by atoms with Crippen molar-refractivity contribution < 1.29 is 0 Å². The molecule has 3 rings (SSSR count). The first kappa shape index (κ1) is 12.1. The molecular formula is C15H18N4. The van der Waals surface area contributed by atoms with Crippen LogP contribution in [0.25, 0.3) is 11.4 Å². The maximum Gasteiger partial charge on any atom is 0.161 e. The minimum absolute atomic E-state index is 0.805. The molecular weight excluding hydrogens is 236 g/mol. The third-order valence-corrected chi connectivity index (χ3v) is 3.39. The van der Waals surface area contributed by atoms with Crippen LogP contribution in [0.1, 0.15) is 5.56 Å². The monoisotopic (exact) mass is 254 g/mol. The maximum absolute atomic E-state index is 4.75. The number of aromatic nitrogens is 2. The van der Waals surface area contributed by atoms with Crippen molar-refractivity contribution in [2.45, 2.75) is 6.92 Å². The average molecular weight is 254 g/mol. The fraction of sp³-hybridized carbons (Fsp3) is 0.333. The number of aryl methyl sites for hydroxylation is 1. The van der Waals surface area contributed by atoms with Crippen LogP contribution < -0.4 is 10.2 Å². The number of nitrogens with one attached hydrogen (secondary N) is 1. The highest BCUT2D eigenvalue weighted by Gasteiger charge is 2.15. The molecule has 0 aliphatic carbocycles. The summed E-state index contributed by atoms with van der Waals surface area (Å²) in [6, 6.07) is 10.1. The van der Waals surface area contributed by atoms with Crippen molar-refractivity contribution in [3.05, 3.63) is 42.1 Å². The molecule has 4 heteroatoms. The molecule has 1 N–H and O–H groups in total. The Morgan fingerprint density at radius 2 is 1.84 bits per heavy atom. The Morgan fingerprint density at radius 3 is 2.58 bits per heavy atom. The Labute approximate surface area is 113 Å². The van der Waals surface area contributed by atoms with E-state index in [9.17, 15) is 0 Å². The summed E-state index contributed by atoms with van der Waals surface area (Å²) in [6.45, 7) is 6.12. The molecule has 2 aromatic rings. The van der Waals surface area contributed by atoms with Gasteiger partial charge in [0.05, 0.1) is 0 Å². The summed E-state index contributed by atoms with van der Waals surface area (Å²) in [4.78, 5) is 11.5. The summed E-state index contributed by atoms with van der Waals surface area (Å²) >= 11 is 0. The average Bonchev–Trinajstić information content (AvgIpc) is 2.49. The van der Waals surface area contributed by atoms with Gasteiger partial charge < -0.3 is 10.2 Å². The van der Waals surface area contributed by atoms with Gasteiger partial charge in [0.2, 0.25) is 0 Å². The molecule has 1 aliphatic rings. The van der Waals surface area contributed by atoms with Crippen molar-refractivity contribution in [3.8, 4) is 11.4 Å². The maximum atomic E-state index is 4.75. The molecule has 0 atom stereocenters. The van der Waals surface area contributed by atoms with Gasteiger partial charge in [0.15, 0.2) is 5.82 Å². The highest BCUT2D eigenvalue weighted by Crippen LogP contribution is 2.21. The van der Waals surface area contributed by atoms with Crippen LogP contribution in [0.4, 0.5) is 5.82 Å². The first-order valence-corrected chi connectivity index (χ1v) is 6.69. The number of hydrogen-bond donors (Lipinski definition) is 1. The molecule has 2 heterocycles. The Morgan fingerprint density at radius 1 is 1.11 bits per heavy atom. The summed E-state index contributed by atoms with van der Waals surface area (Å²) in [7, 11) is 0. The number of benzene rings is 1. The molecule has 1 fully saturated rings. The lowest BCUT2D eigenvalue weighted by Gasteiger charge is -2.29. The van der Waals surface area contributed by atoms with Crippen LogP contribution in [0, 0.1) is 6.92 Å². The zero-order valence-electron chi connectivity index (χ0n) is 11.1. The standard InChI is InChI=1S/C15H18N4/c1-12-11-17-14(13-5-3-2-4-6-13)18-15(12)19-9-7-16-8-10-19/h2-6,11,16H,7-10H2,1H3. The van der Waals surface area contributed by atoms with Crippen molar-refractivity contribution in [3.63, 3.8) is 0 Å². The Balaban J connectivity index is 1.96. The number of hydrogen-bond acceptors (Lipinski definition) is 4. The van der Waals surface area contributed by atoms with E-state index in [-0.39, 0.29) is 0 Å². The van der Waals surface area contributed by atoms with Crippen molar-refractivity contribution >= 4 is 5.82 Å². The quantitative estimate of drug-likeness (QED) is 0.888. The molecule has 4 nitrogen and oxygen atoms in total. The number of anilines is 1. The zero-order chi connectivity index (χ0) is 13.1. The van der Waals surface area contributed by atoms with E-state index in [0.717, 1.165) is 48.9 Å². The predicted octanol–water partition coefficient (Wildman–Crippen LogP) is 1.86. The molecule has 1 aromatic carbocycles. The van der Waals surface area contributed by atoms with Gasteiger partial charge in [0, 0.05) is 43.5 Å². The third kappa shape index (κ3) is 2.58. The number of rotatable bonds is 2. The van der Waals surface area contributed by atoms with Crippen LogP contribution >= 0.6 is 0 Å². The van der Waals surface area contributed by atoms with Gasteiger partial charge in [0.1, 0.15) is 5.82 Å². The normalized spacial score (nSPS) is 15.5. The second-order valence-electron chi connectivity index (χ2n) is 4.80. The van der Waals surface area contributed by atoms with Crippen LogP contribution in [0.15, 0.2) is 36.5 Å². The molecule has 98 valence electrons. The molecule has 1 aromatic heterocycles. The van der Waals surface area contributed by atoms with Crippen molar-refractivity contribution in [1.82, 2.24) is 15.3 Å². The van der Waals surface area contributed by atoms with E-state index in [1.807, 2.05) is 36.5 Å². The summed E-state index contributed by atoms with van der Waals surface area (Å²) in [5, 5.41) is 3.37. The van der Waals surface area contributed by atoms with E-state index in [4.69, 9.17) is 4.98 Å². The zero-order valence-corrected chi connectivity index (χ0v) is 11.1. The second-order valence-corrected chi connectivity index (χ2v) is 4.80. The van der Waals surface area contributed by atoms with Gasteiger partial charge in [-0.05, 0) is 6.92 Å². The highest BCUT2D eigenvalue weighted by molar-refractivity contribution is 5.58. The van der Waals surface area contributed by atoms with Gasteiger partial charge in [-0.3, -0.25) is 0 Å². The van der Waals surface area contributed by atoms with Crippen LogP contribution in [0.3, 0.4) is 0 Å². The van der Waals surface area contributed by atoms with E-state index in [2.05, 4.69) is 22.1 Å². The molecule has 1 saturated heterocycles. The van der Waals surface area contributed by atoms with Crippen molar-refractivity contribution in [2.24, 2.45) is 0 Å². The second kappa shape index (κ2) is 5.36. The lowest BCUT2D eigenvalue weighted by Crippen LogP contribution is -2.44. The molecule has 0 spiro atoms. The van der Waals surface area contributed by atoms with Gasteiger partial charge in [-0.25, -0.2) is 9.97 Å². The van der Waals surface area contributed by atoms with Gasteiger partial charge >= 0.3 is 0 Å². The SMILES string of the molecule is Cc1cnc(-c2ccccc2)nc1N1CCNCC1. The van der Waals surface area contributed by atoms with Crippen LogP contribution in [-0.4, -0.2) is 36.1 Å². The van der Waals surface area contributed by atoms with E-state index in [1.54, 1.807) is 0 Å². The van der Waals surface area contributed by atoms with Crippen LogP contribution in [0.2, 0.25) is 0 Å². The van der Waals surface area contributed by atoms with Gasteiger partial charge in [0.25, 0.3) is 0 Å². The lowest BCUT2D eigenvalue weighted by molar-refractivity contribution is 0.583. The van der Waals surface area contributed by atoms with Crippen molar-refractivity contribution in [2.75, 3.05) is 31.1 Å². The summed E-state index contributed by atoms with van der Waals surface area (Å²) in [5.74, 6) is 1.87. The highest BCUT2D eigenvalue weighted by atomic mass is 15.2. The van der Waals surface area contributed by atoms with E-state index >= 15 is 0 Å². The fourth-order valence-corrected chi connectivity index (χ4v) is 2.36. The Bertz CT molecular complexity index is 547. The topological polar surface area (TPSA) is 41.1 Å². The van der Waals surface area contributed by atoms with E-state index < -0.39 is 0 Å². The number of nitrogens with zero attached hydrogens (tertiary/aromatic N) is 3. The smallest absolute Gasteiger partial charge is 0.161 e. The summed E-state index contributed by atoms with van der Waals surface area (Å²) < 4.78 is 0. The van der Waals surface area contributed by atoms with Gasteiger partial charge in [-0.15, -0.1) is 0 Å². The lowest BCUT2D eigenvalue weighted by atomic mass is 10.2. The van der Waals surface area contributed by atoms with Crippen LogP contribution in [0.5, 0.6) is 0 Å². The Kier molecular flexibility index (Phi) is 3.42. The molecule has 0 unspecified atom stereocenters. The minimum atomic E-state index is 0.805. The molecule has 1 aliphatic heterocycles. The predicted molar refractivity (Wildman–Crippen MR) is 77.3 cm³/mol. The van der Waals surface area contributed by atoms with Gasteiger partial charge in [-0.1, -0.05) is 30.3 Å². The first-order valence-electron chi connectivity index (χ1n) is 6.69. The Hall–Kier alpha value is -1.94. The largest absolute Gasteiger partial charge is 0.354 e. The molecule has 0 saturated carbocycles. The molecule has 0 radical (unpaired) electrons. The molecule has 19 heavy (non-hydrogen) atoms. The third-order valence-electron chi connectivity index (χ3n) is 3.39. The van der Waals surface area contributed by atoms with E-state index in [1.165, 1.54) is 0 Å². The molecule has 0 amide bonds. The summed E-state index contributed by atoms with van der Waals surface area (Å²) in [6.07, 6.45) is 1.92. The van der Waals surface area contributed by atoms with Gasteiger partial charge in [-0.2, -0.15) is 0 Å². The minimum Gasteiger partial charge on any atom is -0.354 e. The fourth-order valence-electron chi connectivity index (χ4n) is 2.36. The van der Waals surface area contributed by atoms with Crippen molar-refractivity contribution in [1.29, 1.82) is 0 Å². The number of piperazine rings is 1. The van der Waals surface area contributed by atoms with E-state index in [0.29, 0.717) is 0 Å². The summed E-state index contributed by atoms with van der Waals surface area (Å²) in [5.41, 5.74) is 2.21.